The minimum absolute atomic E-state index is 0.194. The topological polar surface area (TPSA) is 69.8 Å². The Morgan fingerprint density at radius 1 is 0.596 bits per heavy atom. The van der Waals surface area contributed by atoms with E-state index in [9.17, 15) is 8.42 Å². The second-order valence-electron chi connectivity index (χ2n) is 10.8. The van der Waals surface area contributed by atoms with Crippen molar-refractivity contribution in [2.24, 2.45) is 0 Å². The summed E-state index contributed by atoms with van der Waals surface area (Å²) in [4.78, 5) is 8.49. The Bertz CT molecular complexity index is 2390. The van der Waals surface area contributed by atoms with Gasteiger partial charge in [-0.15, -0.1) is 23.2 Å². The molecule has 0 aliphatic rings. The fourth-order valence-corrected chi connectivity index (χ4v) is 6.46. The number of fused-ring (bicyclic) bond motifs is 6. The van der Waals surface area contributed by atoms with Crippen molar-refractivity contribution in [3.8, 4) is 23.7 Å². The van der Waals surface area contributed by atoms with Crippen molar-refractivity contribution in [1.82, 2.24) is 19.1 Å². The lowest BCUT2D eigenvalue weighted by atomic mass is 10.1. The van der Waals surface area contributed by atoms with Crippen LogP contribution in [-0.4, -0.2) is 39.1 Å². The van der Waals surface area contributed by atoms with Crippen molar-refractivity contribution >= 4 is 76.7 Å². The second kappa shape index (κ2) is 13.5. The van der Waals surface area contributed by atoms with Gasteiger partial charge in [-0.1, -0.05) is 48.2 Å². The summed E-state index contributed by atoms with van der Waals surface area (Å²) in [5, 5.41) is 4.49. The van der Waals surface area contributed by atoms with Crippen LogP contribution in [0, 0.1) is 23.7 Å². The molecule has 0 radical (unpaired) electrons. The number of alkyl halides is 2. The molecule has 0 unspecified atom stereocenters. The number of nitrogens with zero attached hydrogens (tertiary/aromatic N) is 4. The van der Waals surface area contributed by atoms with E-state index in [1.54, 1.807) is 6.07 Å². The number of rotatable bonds is 3. The molecule has 0 saturated carbocycles. The highest BCUT2D eigenvalue weighted by atomic mass is 35.5. The van der Waals surface area contributed by atoms with Gasteiger partial charge in [-0.05, 0) is 74.2 Å². The van der Waals surface area contributed by atoms with Gasteiger partial charge in [0, 0.05) is 80.2 Å². The van der Waals surface area contributed by atoms with Crippen LogP contribution in [0.15, 0.2) is 96.2 Å². The highest BCUT2D eigenvalue weighted by Crippen LogP contribution is 2.30. The molecule has 7 rings (SSSR count). The van der Waals surface area contributed by atoms with E-state index in [2.05, 4.69) is 105 Å². The van der Waals surface area contributed by atoms with Gasteiger partial charge in [0.15, 0.2) is 0 Å². The molecule has 3 heterocycles. The Hall–Kier alpha value is -4.79. The number of benzene rings is 4. The highest BCUT2D eigenvalue weighted by Gasteiger charge is 2.14. The first-order chi connectivity index (χ1) is 22.7. The lowest BCUT2D eigenvalue weighted by Crippen LogP contribution is -2.06. The van der Waals surface area contributed by atoms with Gasteiger partial charge in [-0.2, -0.15) is 0 Å². The van der Waals surface area contributed by atoms with Crippen LogP contribution in [0.1, 0.15) is 36.4 Å². The fraction of sp³-hybridized carbons (Fsp3) is 0.158. The number of aromatic nitrogens is 4. The largest absolute Gasteiger partial charge is 0.341 e. The van der Waals surface area contributed by atoms with Crippen LogP contribution in [0.3, 0.4) is 0 Å². The van der Waals surface area contributed by atoms with Crippen LogP contribution in [0.4, 0.5) is 0 Å². The molecule has 0 atom stereocenters. The lowest BCUT2D eigenvalue weighted by molar-refractivity contribution is 0.592. The summed E-state index contributed by atoms with van der Waals surface area (Å²) < 4.78 is 29.5. The summed E-state index contributed by atoms with van der Waals surface area (Å²) in [6, 6.07) is 30.6. The summed E-state index contributed by atoms with van der Waals surface area (Å²) in [5.41, 5.74) is 6.87. The predicted octanol–water partition coefficient (Wildman–Crippen LogP) is 8.36. The molecule has 0 N–H and O–H groups in total. The Morgan fingerprint density at radius 3 is 1.40 bits per heavy atom. The van der Waals surface area contributed by atoms with Crippen molar-refractivity contribution in [2.45, 2.75) is 32.1 Å². The average Bonchev–Trinajstić information content (AvgIpc) is 3.57. The van der Waals surface area contributed by atoms with Crippen LogP contribution in [0.5, 0.6) is 0 Å². The van der Waals surface area contributed by atoms with Gasteiger partial charge < -0.3 is 9.13 Å². The van der Waals surface area contributed by atoms with Crippen LogP contribution < -0.4 is 0 Å². The zero-order valence-corrected chi connectivity index (χ0v) is 28.4. The maximum Gasteiger partial charge on any atom is 0.249 e. The van der Waals surface area contributed by atoms with Gasteiger partial charge in [-0.3, -0.25) is 0 Å². The third kappa shape index (κ3) is 6.44. The zero-order chi connectivity index (χ0) is 33.1. The molecule has 3 aromatic heterocycles. The molecule has 6 nitrogen and oxygen atoms in total. The van der Waals surface area contributed by atoms with Crippen molar-refractivity contribution in [2.75, 3.05) is 11.6 Å². The maximum absolute atomic E-state index is 12.5. The van der Waals surface area contributed by atoms with E-state index in [1.165, 1.54) is 21.8 Å². The predicted molar refractivity (Wildman–Crippen MR) is 194 cm³/mol. The molecule has 4 aromatic carbocycles. The normalized spacial score (nSPS) is 11.2. The average molecular weight is 678 g/mol. The minimum Gasteiger partial charge on any atom is -0.341 e. The Labute approximate surface area is 283 Å². The molecule has 9 heteroatoms. The fourth-order valence-electron chi connectivity index (χ4n) is 5.94. The van der Waals surface area contributed by atoms with E-state index < -0.39 is 9.84 Å². The summed E-state index contributed by atoms with van der Waals surface area (Å²) >= 11 is 9.53. The van der Waals surface area contributed by atoms with Crippen LogP contribution >= 0.6 is 23.2 Å². The lowest BCUT2D eigenvalue weighted by Gasteiger charge is -2.02. The van der Waals surface area contributed by atoms with Crippen LogP contribution in [0.25, 0.3) is 43.6 Å². The van der Waals surface area contributed by atoms with E-state index in [0.29, 0.717) is 11.4 Å². The van der Waals surface area contributed by atoms with Crippen molar-refractivity contribution < 1.29 is 8.42 Å². The van der Waals surface area contributed by atoms with Gasteiger partial charge in [0.25, 0.3) is 0 Å². The van der Waals surface area contributed by atoms with Gasteiger partial charge in [0.1, 0.15) is 11.4 Å². The van der Waals surface area contributed by atoms with Crippen LogP contribution in [-0.2, 0) is 22.9 Å². The quantitative estimate of drug-likeness (QED) is 0.107. The number of aryl methyl sites for hydroxylation is 2. The van der Waals surface area contributed by atoms with Gasteiger partial charge in [0.2, 0.25) is 15.0 Å². The Balaban J connectivity index is 0.00000124. The molecular weight excluding hydrogens is 647 g/mol. The van der Waals surface area contributed by atoms with Gasteiger partial charge >= 0.3 is 0 Å². The molecule has 0 aliphatic carbocycles. The highest BCUT2D eigenvalue weighted by molar-refractivity contribution is 7.90. The van der Waals surface area contributed by atoms with Crippen molar-refractivity contribution in [1.29, 1.82) is 0 Å². The van der Waals surface area contributed by atoms with E-state index in [1.807, 2.05) is 36.4 Å². The summed E-state index contributed by atoms with van der Waals surface area (Å²) in [6.45, 7) is 6.00. The zero-order valence-electron chi connectivity index (χ0n) is 26.1. The molecule has 0 spiro atoms. The molecule has 0 fully saturated rings. The summed E-state index contributed by atoms with van der Waals surface area (Å²) in [5.74, 6) is 12.5. The molecule has 0 aliphatic heterocycles. The first-order valence-corrected chi connectivity index (χ1v) is 18.0. The molecule has 47 heavy (non-hydrogen) atoms. The SMILES string of the molecule is CCn1c2ccccc2c2cc(C#Cc3cc(C#Cc4ccc5c(c4)c4ccccc4n5CC)nc(S(C)(=O)=O)n3)ccc21.ClCCl. The monoisotopic (exact) mass is 676 g/mol. The third-order valence-electron chi connectivity index (χ3n) is 7.88. The van der Waals surface area contributed by atoms with Gasteiger partial charge in [0.05, 0.1) is 5.34 Å². The Morgan fingerprint density at radius 2 is 1.00 bits per heavy atom. The number of halogens is 2. The number of hydrogen-bond donors (Lipinski definition) is 0. The number of hydrogen-bond acceptors (Lipinski definition) is 4. The molecule has 0 saturated heterocycles. The van der Waals surface area contributed by atoms with E-state index in [-0.39, 0.29) is 10.5 Å². The molecule has 0 bridgehead atoms. The first kappa shape index (κ1) is 32.2. The smallest absolute Gasteiger partial charge is 0.249 e. The van der Waals surface area contributed by atoms with Crippen LogP contribution in [0.2, 0.25) is 0 Å². The molecule has 7 aromatic rings. The summed E-state index contributed by atoms with van der Waals surface area (Å²) in [7, 11) is -3.68. The maximum atomic E-state index is 12.5. The summed E-state index contributed by atoms with van der Waals surface area (Å²) in [6.07, 6.45) is 1.09. The molecular formula is C38H30Cl2N4O2S. The molecule has 0 amide bonds. The van der Waals surface area contributed by atoms with Crippen molar-refractivity contribution in [3.63, 3.8) is 0 Å². The van der Waals surface area contributed by atoms with Gasteiger partial charge in [-0.25, -0.2) is 18.4 Å². The minimum atomic E-state index is -3.68. The first-order valence-electron chi connectivity index (χ1n) is 15.0. The Kier molecular flexibility index (Phi) is 9.25. The number of para-hydroxylation sites is 2. The van der Waals surface area contributed by atoms with E-state index in [4.69, 9.17) is 23.2 Å². The van der Waals surface area contributed by atoms with Crippen molar-refractivity contribution in [3.05, 3.63) is 114 Å². The third-order valence-corrected chi connectivity index (χ3v) is 8.73. The molecule has 234 valence electrons. The standard InChI is InChI=1S/C37H28N4O2S.CH2Cl2/c1-4-40-33-12-8-6-10-29(33)31-22-25(16-20-35(31)40)14-18-27-24-28(39-37(38-27)44(3,42)43)19-15-26-17-21-36-32(23-26)30-11-7-9-13-34(30)41(36)5-2;2-1-3/h6-13,16-17,20-24H,4-5H2,1-3H3;1H2. The second-order valence-corrected chi connectivity index (χ2v) is 13.5. The van der Waals surface area contributed by atoms with E-state index in [0.717, 1.165) is 52.3 Å². The van der Waals surface area contributed by atoms with E-state index >= 15 is 0 Å². The number of sulfone groups is 1.